The molecule has 192 valence electrons. The Labute approximate surface area is 198 Å². The minimum absolute atomic E-state index is 0.148. The van der Waals surface area contributed by atoms with E-state index in [-0.39, 0.29) is 12.6 Å². The van der Waals surface area contributed by atoms with Crippen LogP contribution in [-0.4, -0.2) is 46.0 Å². The SMILES string of the molecule is CCCCCCCCCCCCCCCCCC(=O)OCCCOP(C)(=O)OCCNC. The first kappa shape index (κ1) is 31.6. The Morgan fingerprint density at radius 3 is 1.66 bits per heavy atom. The van der Waals surface area contributed by atoms with E-state index in [0.717, 1.165) is 12.8 Å². The summed E-state index contributed by atoms with van der Waals surface area (Å²) in [6.07, 6.45) is 20.7. The molecule has 0 rings (SSSR count). The van der Waals surface area contributed by atoms with Crippen molar-refractivity contribution in [3.8, 4) is 0 Å². The van der Waals surface area contributed by atoms with Crippen LogP contribution in [0.15, 0.2) is 0 Å². The number of hydrogen-bond acceptors (Lipinski definition) is 6. The molecule has 0 saturated heterocycles. The second-order valence-electron chi connectivity index (χ2n) is 8.82. The van der Waals surface area contributed by atoms with Gasteiger partial charge in [-0.25, -0.2) is 0 Å². The third kappa shape index (κ3) is 24.2. The highest BCUT2D eigenvalue weighted by Crippen LogP contribution is 2.43. The lowest BCUT2D eigenvalue weighted by atomic mass is 10.0. The Kier molecular flexibility index (Phi) is 23.4. The van der Waals surface area contributed by atoms with Crippen molar-refractivity contribution in [3.63, 3.8) is 0 Å². The molecule has 0 radical (unpaired) electrons. The summed E-state index contributed by atoms with van der Waals surface area (Å²) in [5, 5.41) is 2.92. The van der Waals surface area contributed by atoms with E-state index in [0.29, 0.717) is 32.6 Å². The molecule has 0 fully saturated rings. The predicted octanol–water partition coefficient (Wildman–Crippen LogP) is 7.26. The van der Waals surface area contributed by atoms with Crippen molar-refractivity contribution < 1.29 is 23.1 Å². The number of ether oxygens (including phenoxy) is 1. The van der Waals surface area contributed by atoms with E-state index in [1.54, 1.807) is 7.05 Å². The van der Waals surface area contributed by atoms with Gasteiger partial charge in [-0.05, 0) is 13.5 Å². The molecule has 32 heavy (non-hydrogen) atoms. The van der Waals surface area contributed by atoms with Crippen molar-refractivity contribution in [3.05, 3.63) is 0 Å². The molecule has 1 atom stereocenters. The molecular weight excluding hydrogens is 425 g/mol. The van der Waals surface area contributed by atoms with Crippen molar-refractivity contribution in [2.45, 2.75) is 116 Å². The number of hydrogen-bond donors (Lipinski definition) is 1. The molecule has 0 aliphatic rings. The van der Waals surface area contributed by atoms with Gasteiger partial charge in [0.2, 0.25) is 0 Å². The van der Waals surface area contributed by atoms with Gasteiger partial charge in [0.05, 0.1) is 19.8 Å². The van der Waals surface area contributed by atoms with Crippen molar-refractivity contribution in [2.24, 2.45) is 0 Å². The third-order valence-electron chi connectivity index (χ3n) is 5.54. The van der Waals surface area contributed by atoms with Crippen LogP contribution in [-0.2, 0) is 23.1 Å². The predicted molar refractivity (Wildman–Crippen MR) is 134 cm³/mol. The second kappa shape index (κ2) is 23.7. The van der Waals surface area contributed by atoms with Crippen LogP contribution < -0.4 is 5.32 Å². The van der Waals surface area contributed by atoms with Crippen LogP contribution in [0.4, 0.5) is 0 Å². The summed E-state index contributed by atoms with van der Waals surface area (Å²) >= 11 is 0. The summed E-state index contributed by atoms with van der Waals surface area (Å²) in [5.74, 6) is -0.148. The van der Waals surface area contributed by atoms with Crippen molar-refractivity contribution in [2.75, 3.05) is 40.1 Å². The van der Waals surface area contributed by atoms with Crippen LogP contribution in [0.1, 0.15) is 116 Å². The maximum absolute atomic E-state index is 12.0. The van der Waals surface area contributed by atoms with Gasteiger partial charge in [-0.3, -0.25) is 9.36 Å². The zero-order valence-corrected chi connectivity index (χ0v) is 22.2. The topological polar surface area (TPSA) is 73.9 Å². The van der Waals surface area contributed by atoms with E-state index in [4.69, 9.17) is 13.8 Å². The minimum Gasteiger partial charge on any atom is -0.466 e. The molecule has 0 amide bonds. The number of likely N-dealkylation sites (N-methyl/N-ethyl adjacent to an activating group) is 1. The zero-order chi connectivity index (χ0) is 23.8. The largest absolute Gasteiger partial charge is 0.466 e. The van der Waals surface area contributed by atoms with E-state index >= 15 is 0 Å². The highest BCUT2D eigenvalue weighted by molar-refractivity contribution is 7.52. The molecule has 0 aliphatic heterocycles. The van der Waals surface area contributed by atoms with Crippen LogP contribution >= 0.6 is 7.60 Å². The molecular formula is C25H52NO5P. The fourth-order valence-corrected chi connectivity index (χ4v) is 4.50. The lowest BCUT2D eigenvalue weighted by Crippen LogP contribution is -2.14. The van der Waals surface area contributed by atoms with Crippen LogP contribution in [0, 0.1) is 0 Å². The molecule has 0 aromatic carbocycles. The van der Waals surface area contributed by atoms with Crippen LogP contribution in [0.5, 0.6) is 0 Å². The Balaban J connectivity index is 3.31. The molecule has 0 bridgehead atoms. The summed E-state index contributed by atoms with van der Waals surface area (Å²) in [6.45, 7) is 5.27. The Bertz CT molecular complexity index is 462. The molecule has 0 spiro atoms. The molecule has 0 aromatic rings. The van der Waals surface area contributed by atoms with Gasteiger partial charge in [0.15, 0.2) is 0 Å². The smallest absolute Gasteiger partial charge is 0.327 e. The molecule has 0 saturated carbocycles. The van der Waals surface area contributed by atoms with Crippen molar-refractivity contribution in [1.29, 1.82) is 0 Å². The summed E-state index contributed by atoms with van der Waals surface area (Å²) in [7, 11) is -1.21. The van der Waals surface area contributed by atoms with Crippen LogP contribution in [0.2, 0.25) is 0 Å². The van der Waals surface area contributed by atoms with E-state index in [1.165, 1.54) is 90.1 Å². The number of esters is 1. The lowest BCUT2D eigenvalue weighted by Gasteiger charge is -2.14. The third-order valence-corrected chi connectivity index (χ3v) is 6.84. The Hall–Kier alpha value is -0.420. The van der Waals surface area contributed by atoms with E-state index < -0.39 is 7.60 Å². The van der Waals surface area contributed by atoms with E-state index in [1.807, 2.05) is 0 Å². The van der Waals surface area contributed by atoms with Gasteiger partial charge in [0.1, 0.15) is 0 Å². The van der Waals surface area contributed by atoms with E-state index in [2.05, 4.69) is 12.2 Å². The highest BCUT2D eigenvalue weighted by atomic mass is 31.2. The summed E-state index contributed by atoms with van der Waals surface area (Å²) in [5.41, 5.74) is 0. The molecule has 7 heteroatoms. The Morgan fingerprint density at radius 2 is 1.16 bits per heavy atom. The average molecular weight is 478 g/mol. The maximum atomic E-state index is 12.0. The van der Waals surface area contributed by atoms with Gasteiger partial charge in [-0.2, -0.15) is 0 Å². The minimum atomic E-state index is -3.01. The summed E-state index contributed by atoms with van der Waals surface area (Å²) in [6, 6.07) is 0. The molecule has 0 heterocycles. The second-order valence-corrected chi connectivity index (χ2v) is 10.9. The quantitative estimate of drug-likeness (QED) is 0.0847. The molecule has 6 nitrogen and oxygen atoms in total. The fraction of sp³-hybridized carbons (Fsp3) is 0.960. The van der Waals surface area contributed by atoms with Gasteiger partial charge in [0.25, 0.3) is 0 Å². The highest BCUT2D eigenvalue weighted by Gasteiger charge is 2.16. The molecule has 0 aromatic heterocycles. The van der Waals surface area contributed by atoms with Gasteiger partial charge in [0, 0.05) is 26.1 Å². The number of rotatable bonds is 25. The van der Waals surface area contributed by atoms with Gasteiger partial charge < -0.3 is 19.1 Å². The normalized spacial score (nSPS) is 13.2. The average Bonchev–Trinajstić information content (AvgIpc) is 2.76. The number of unbranched alkanes of at least 4 members (excludes halogenated alkanes) is 14. The fourth-order valence-electron chi connectivity index (χ4n) is 3.54. The summed E-state index contributed by atoms with van der Waals surface area (Å²) in [4.78, 5) is 11.8. The first-order chi connectivity index (χ1) is 15.5. The molecule has 0 aliphatic carbocycles. The number of nitrogens with one attached hydrogen (secondary N) is 1. The van der Waals surface area contributed by atoms with Gasteiger partial charge >= 0.3 is 13.6 Å². The monoisotopic (exact) mass is 477 g/mol. The molecule has 1 N–H and O–H groups in total. The van der Waals surface area contributed by atoms with Crippen molar-refractivity contribution in [1.82, 2.24) is 5.32 Å². The van der Waals surface area contributed by atoms with Crippen LogP contribution in [0.3, 0.4) is 0 Å². The first-order valence-corrected chi connectivity index (χ1v) is 15.2. The van der Waals surface area contributed by atoms with Gasteiger partial charge in [-0.1, -0.05) is 96.8 Å². The summed E-state index contributed by atoms with van der Waals surface area (Å²) < 4.78 is 27.6. The zero-order valence-electron chi connectivity index (χ0n) is 21.3. The maximum Gasteiger partial charge on any atom is 0.327 e. The molecule has 1 unspecified atom stereocenters. The van der Waals surface area contributed by atoms with E-state index in [9.17, 15) is 9.36 Å². The van der Waals surface area contributed by atoms with Gasteiger partial charge in [-0.15, -0.1) is 0 Å². The standard InChI is InChI=1S/C25H52NO5P/c1-4-5-6-7-8-9-10-11-12-13-14-15-16-17-18-20-25(27)29-22-19-23-30-32(3,28)31-24-21-26-2/h26H,4-24H2,1-3H3. The Morgan fingerprint density at radius 1 is 0.688 bits per heavy atom. The number of carbonyl (C=O) groups is 1. The first-order valence-electron chi connectivity index (χ1n) is 13.2. The number of carbonyl (C=O) groups excluding carboxylic acids is 1. The van der Waals surface area contributed by atoms with Crippen LogP contribution in [0.25, 0.3) is 0 Å². The lowest BCUT2D eigenvalue weighted by molar-refractivity contribution is -0.144. The van der Waals surface area contributed by atoms with Crippen molar-refractivity contribution >= 4 is 13.6 Å².